The van der Waals surface area contributed by atoms with Crippen molar-refractivity contribution in [2.75, 3.05) is 32.7 Å². The predicted octanol–water partition coefficient (Wildman–Crippen LogP) is 2.12. The van der Waals surface area contributed by atoms with Gasteiger partial charge in [-0.2, -0.15) is 4.98 Å². The van der Waals surface area contributed by atoms with Crippen molar-refractivity contribution in [1.82, 2.24) is 19.9 Å². The predicted molar refractivity (Wildman–Crippen MR) is 87.2 cm³/mol. The quantitative estimate of drug-likeness (QED) is 0.850. The van der Waals surface area contributed by atoms with E-state index in [0.29, 0.717) is 11.2 Å². The van der Waals surface area contributed by atoms with Crippen LogP contribution in [-0.2, 0) is 0 Å². The second-order valence-corrected chi connectivity index (χ2v) is 7.92. The van der Waals surface area contributed by atoms with Gasteiger partial charge in [0.2, 0.25) is 5.89 Å². The Morgan fingerprint density at radius 1 is 1.23 bits per heavy atom. The maximum absolute atomic E-state index is 5.48. The molecule has 0 unspecified atom stereocenters. The summed E-state index contributed by atoms with van der Waals surface area (Å²) in [5.41, 5.74) is 0. The first kappa shape index (κ1) is 14.5. The van der Waals surface area contributed by atoms with Gasteiger partial charge in [-0.1, -0.05) is 23.8 Å². The molecule has 0 bridgehead atoms. The van der Waals surface area contributed by atoms with Crippen LogP contribution < -0.4 is 0 Å². The van der Waals surface area contributed by atoms with E-state index in [4.69, 9.17) is 4.52 Å². The molecule has 4 rings (SSSR count). The number of hydrogen-bond acceptors (Lipinski definition) is 7. The average Bonchev–Trinajstić information content (AvgIpc) is 3.11. The Hall–Kier alpha value is -1.08. The average molecular weight is 321 g/mol. The van der Waals surface area contributed by atoms with Gasteiger partial charge in [0.15, 0.2) is 11.0 Å². The molecule has 1 saturated carbocycles. The minimum Gasteiger partial charge on any atom is -0.349 e. The van der Waals surface area contributed by atoms with Crippen molar-refractivity contribution < 1.29 is 4.52 Å². The van der Waals surface area contributed by atoms with Crippen molar-refractivity contribution in [2.45, 2.75) is 43.9 Å². The van der Waals surface area contributed by atoms with Crippen LogP contribution in [0.1, 0.15) is 50.4 Å². The number of hydrogen-bond donors (Lipinski definition) is 0. The molecule has 2 fully saturated rings. The number of thioether (sulfide) groups is 1. The molecular weight excluding hydrogens is 298 g/mol. The van der Waals surface area contributed by atoms with E-state index in [2.05, 4.69) is 38.8 Å². The molecule has 1 aromatic heterocycles. The lowest BCUT2D eigenvalue weighted by atomic mass is 10.2. The van der Waals surface area contributed by atoms with E-state index >= 15 is 0 Å². The van der Waals surface area contributed by atoms with Crippen molar-refractivity contribution in [2.24, 2.45) is 4.99 Å². The summed E-state index contributed by atoms with van der Waals surface area (Å²) < 4.78 is 5.48. The molecule has 2 aliphatic heterocycles. The Bertz CT molecular complexity index is 562. The van der Waals surface area contributed by atoms with Crippen LogP contribution in [0.3, 0.4) is 0 Å². The first-order chi connectivity index (χ1) is 10.7. The van der Waals surface area contributed by atoms with E-state index < -0.39 is 0 Å². The molecule has 1 aromatic rings. The molecule has 2 atom stereocenters. The highest BCUT2D eigenvalue weighted by Gasteiger charge is 2.32. The third kappa shape index (κ3) is 2.88. The van der Waals surface area contributed by atoms with Crippen LogP contribution in [0.15, 0.2) is 9.52 Å². The fourth-order valence-electron chi connectivity index (χ4n) is 3.02. The summed E-state index contributed by atoms with van der Waals surface area (Å²) in [6, 6.07) is 0.208. The molecule has 3 heterocycles. The smallest absolute Gasteiger partial charge is 0.243 e. The molecule has 3 aliphatic rings. The molecule has 22 heavy (non-hydrogen) atoms. The molecule has 1 aliphatic carbocycles. The minimum atomic E-state index is 0.208. The molecule has 0 radical (unpaired) electrons. The maximum atomic E-state index is 5.48. The van der Waals surface area contributed by atoms with E-state index in [1.165, 1.54) is 18.0 Å². The lowest BCUT2D eigenvalue weighted by Crippen LogP contribution is -2.48. The van der Waals surface area contributed by atoms with Gasteiger partial charge < -0.3 is 9.42 Å². The highest BCUT2D eigenvalue weighted by atomic mass is 32.2. The van der Waals surface area contributed by atoms with Crippen LogP contribution in [0.4, 0.5) is 0 Å². The summed E-state index contributed by atoms with van der Waals surface area (Å²) in [6.45, 7) is 9.49. The fraction of sp³-hybridized carbons (Fsp3) is 0.800. The van der Waals surface area contributed by atoms with Crippen molar-refractivity contribution in [1.29, 1.82) is 0 Å². The van der Waals surface area contributed by atoms with Crippen molar-refractivity contribution in [3.63, 3.8) is 0 Å². The number of piperazine rings is 1. The van der Waals surface area contributed by atoms with Gasteiger partial charge in [-0.25, -0.2) is 0 Å². The van der Waals surface area contributed by atoms with Gasteiger partial charge in [0.25, 0.3) is 0 Å². The van der Waals surface area contributed by atoms with Gasteiger partial charge in [0.1, 0.15) is 0 Å². The van der Waals surface area contributed by atoms with Crippen molar-refractivity contribution in [3.05, 3.63) is 11.7 Å². The van der Waals surface area contributed by atoms with Crippen molar-refractivity contribution >= 4 is 16.9 Å². The molecule has 0 spiro atoms. The number of nitrogens with zero attached hydrogens (tertiary/aromatic N) is 5. The summed E-state index contributed by atoms with van der Waals surface area (Å²) in [5.74, 6) is 2.24. The number of aliphatic imine (C=N–C) groups is 1. The Kier molecular flexibility index (Phi) is 3.86. The third-order valence-electron chi connectivity index (χ3n) is 4.68. The topological polar surface area (TPSA) is 57.8 Å². The Labute approximate surface area is 135 Å². The van der Waals surface area contributed by atoms with Crippen LogP contribution in [0.5, 0.6) is 0 Å². The zero-order valence-electron chi connectivity index (χ0n) is 13.2. The molecule has 120 valence electrons. The van der Waals surface area contributed by atoms with Gasteiger partial charge in [0.05, 0.1) is 12.6 Å². The van der Waals surface area contributed by atoms with Gasteiger partial charge >= 0.3 is 0 Å². The van der Waals surface area contributed by atoms with Crippen LogP contribution in [0.2, 0.25) is 0 Å². The number of rotatable bonds is 3. The Balaban J connectivity index is 1.34. The minimum absolute atomic E-state index is 0.208. The summed E-state index contributed by atoms with van der Waals surface area (Å²) in [7, 11) is 0. The second-order valence-electron chi connectivity index (χ2n) is 6.52. The zero-order valence-corrected chi connectivity index (χ0v) is 14.1. The number of amidine groups is 1. The second kappa shape index (κ2) is 5.85. The summed E-state index contributed by atoms with van der Waals surface area (Å²) in [4.78, 5) is 14.1. The van der Waals surface area contributed by atoms with E-state index in [0.717, 1.165) is 44.4 Å². The monoisotopic (exact) mass is 321 g/mol. The summed E-state index contributed by atoms with van der Waals surface area (Å²) in [6.07, 6.45) is 2.43. The van der Waals surface area contributed by atoms with Crippen LogP contribution in [0.25, 0.3) is 0 Å². The van der Waals surface area contributed by atoms with Crippen LogP contribution >= 0.6 is 11.8 Å². The highest BCUT2D eigenvalue weighted by molar-refractivity contribution is 8.14. The van der Waals surface area contributed by atoms with Crippen molar-refractivity contribution in [3.8, 4) is 0 Å². The molecule has 0 N–H and O–H groups in total. The standard InChI is InChI=1S/C15H23N5OS/c1-10-9-16-15(22-10)20-7-5-19(6-8-20)11(2)14-17-13(18-21-14)12-3-4-12/h10-12H,3-9H2,1-2H3/t10-,11+/m1/s1. The van der Waals surface area contributed by atoms with Crippen LogP contribution in [0, 0.1) is 0 Å². The lowest BCUT2D eigenvalue weighted by molar-refractivity contribution is 0.121. The van der Waals surface area contributed by atoms with E-state index in [9.17, 15) is 0 Å². The molecule has 7 heteroatoms. The molecule has 6 nitrogen and oxygen atoms in total. The Morgan fingerprint density at radius 2 is 2.00 bits per heavy atom. The van der Waals surface area contributed by atoms with E-state index in [1.807, 2.05) is 11.8 Å². The lowest BCUT2D eigenvalue weighted by Gasteiger charge is -2.37. The Morgan fingerprint density at radius 3 is 2.64 bits per heavy atom. The normalized spacial score (nSPS) is 28.0. The van der Waals surface area contributed by atoms with Gasteiger partial charge in [0, 0.05) is 37.3 Å². The number of aromatic nitrogens is 2. The van der Waals surface area contributed by atoms with Gasteiger partial charge in [-0.15, -0.1) is 0 Å². The van der Waals surface area contributed by atoms with Gasteiger partial charge in [-0.3, -0.25) is 9.89 Å². The van der Waals surface area contributed by atoms with Gasteiger partial charge in [-0.05, 0) is 19.8 Å². The SMILES string of the molecule is C[C@@H]1CN=C(N2CCN([C@@H](C)c3nc(C4CC4)no3)CC2)S1. The largest absolute Gasteiger partial charge is 0.349 e. The summed E-state index contributed by atoms with van der Waals surface area (Å²) in [5, 5.41) is 6.00. The van der Waals surface area contributed by atoms with Crippen LogP contribution in [-0.4, -0.2) is 63.1 Å². The van der Waals surface area contributed by atoms with E-state index in [-0.39, 0.29) is 6.04 Å². The van der Waals surface area contributed by atoms with E-state index in [1.54, 1.807) is 0 Å². The molecule has 0 aromatic carbocycles. The molecular formula is C15H23N5OS. The summed E-state index contributed by atoms with van der Waals surface area (Å²) >= 11 is 1.91. The fourth-order valence-corrected chi connectivity index (χ4v) is 4.01. The molecule has 0 amide bonds. The first-order valence-corrected chi connectivity index (χ1v) is 9.12. The maximum Gasteiger partial charge on any atom is 0.243 e. The third-order valence-corrected chi connectivity index (χ3v) is 5.83. The molecule has 1 saturated heterocycles. The zero-order chi connectivity index (χ0) is 15.1. The first-order valence-electron chi connectivity index (χ1n) is 8.24. The highest BCUT2D eigenvalue weighted by Crippen LogP contribution is 2.38.